The number of pyridine rings is 1. The first-order valence-electron chi connectivity index (χ1n) is 6.20. The minimum atomic E-state index is -0.0183. The molecule has 0 unspecified atom stereocenters. The molecule has 0 aliphatic heterocycles. The molecule has 2 aromatic rings. The fourth-order valence-corrected chi connectivity index (χ4v) is 2.56. The number of hydrogen-bond acceptors (Lipinski definition) is 4. The van der Waals surface area contributed by atoms with Gasteiger partial charge in [0, 0.05) is 31.3 Å². The van der Waals surface area contributed by atoms with Crippen molar-refractivity contribution >= 4 is 11.3 Å². The van der Waals surface area contributed by atoms with Crippen molar-refractivity contribution in [1.82, 2.24) is 14.8 Å². The first-order chi connectivity index (χ1) is 8.70. The molecule has 0 saturated carbocycles. The summed E-state index contributed by atoms with van der Waals surface area (Å²) >= 11 is 1.58. The Labute approximate surface area is 110 Å². The van der Waals surface area contributed by atoms with Crippen molar-refractivity contribution in [3.05, 3.63) is 33.7 Å². The Kier molecular flexibility index (Phi) is 4.25. The van der Waals surface area contributed by atoms with Crippen molar-refractivity contribution in [1.29, 1.82) is 0 Å². The van der Waals surface area contributed by atoms with Crippen LogP contribution < -0.4 is 5.56 Å². The number of aromatic nitrogens is 3. The van der Waals surface area contributed by atoms with Gasteiger partial charge in [0.1, 0.15) is 10.0 Å². The molecule has 18 heavy (non-hydrogen) atoms. The van der Waals surface area contributed by atoms with Crippen LogP contribution in [0.25, 0.3) is 10.6 Å². The van der Waals surface area contributed by atoms with Crippen LogP contribution in [0.3, 0.4) is 0 Å². The van der Waals surface area contributed by atoms with Crippen molar-refractivity contribution in [2.75, 3.05) is 0 Å². The predicted octanol–water partition coefficient (Wildman–Crippen LogP) is 2.64. The van der Waals surface area contributed by atoms with E-state index in [9.17, 15) is 4.79 Å². The Balaban J connectivity index is 2.13. The summed E-state index contributed by atoms with van der Waals surface area (Å²) in [6, 6.07) is 3.51. The SMILES string of the molecule is CCCCCc1nnc(-c2ccn(C)c(=O)c2)s1. The normalized spacial score (nSPS) is 10.8. The molecule has 2 heterocycles. The van der Waals surface area contributed by atoms with Crippen LogP contribution in [0.5, 0.6) is 0 Å². The third-order valence-corrected chi connectivity index (χ3v) is 3.84. The Morgan fingerprint density at radius 1 is 1.33 bits per heavy atom. The molecule has 0 aromatic carbocycles. The minimum Gasteiger partial charge on any atom is -0.319 e. The first-order valence-corrected chi connectivity index (χ1v) is 7.02. The monoisotopic (exact) mass is 263 g/mol. The van der Waals surface area contributed by atoms with Crippen molar-refractivity contribution < 1.29 is 0 Å². The third kappa shape index (κ3) is 3.04. The fraction of sp³-hybridized carbons (Fsp3) is 0.462. The summed E-state index contributed by atoms with van der Waals surface area (Å²) in [6.07, 6.45) is 6.33. The summed E-state index contributed by atoms with van der Waals surface area (Å²) in [5.74, 6) is 0. The third-order valence-electron chi connectivity index (χ3n) is 2.81. The van der Waals surface area contributed by atoms with E-state index in [2.05, 4.69) is 17.1 Å². The molecule has 0 fully saturated rings. The van der Waals surface area contributed by atoms with Crippen molar-refractivity contribution in [2.45, 2.75) is 32.6 Å². The maximum Gasteiger partial charge on any atom is 0.250 e. The molecule has 2 rings (SSSR count). The molecule has 96 valence electrons. The minimum absolute atomic E-state index is 0.0183. The number of aryl methyl sites for hydroxylation is 2. The molecule has 0 aliphatic rings. The second-order valence-corrected chi connectivity index (χ2v) is 5.38. The molecular weight excluding hydrogens is 246 g/mol. The van der Waals surface area contributed by atoms with E-state index >= 15 is 0 Å². The van der Waals surface area contributed by atoms with E-state index in [1.54, 1.807) is 35.2 Å². The zero-order valence-electron chi connectivity index (χ0n) is 10.7. The highest BCUT2D eigenvalue weighted by Gasteiger charge is 2.07. The fourth-order valence-electron chi connectivity index (χ4n) is 1.68. The average molecular weight is 263 g/mol. The zero-order chi connectivity index (χ0) is 13.0. The Morgan fingerprint density at radius 3 is 2.89 bits per heavy atom. The van der Waals surface area contributed by atoms with Crippen LogP contribution in [0.15, 0.2) is 23.1 Å². The summed E-state index contributed by atoms with van der Waals surface area (Å²) in [7, 11) is 1.74. The van der Waals surface area contributed by atoms with Gasteiger partial charge in [0.25, 0.3) is 5.56 Å². The molecular formula is C13H17N3OS. The molecule has 0 N–H and O–H groups in total. The van der Waals surface area contributed by atoms with Crippen LogP contribution in [0, 0.1) is 0 Å². The number of rotatable bonds is 5. The second-order valence-electron chi connectivity index (χ2n) is 4.32. The van der Waals surface area contributed by atoms with E-state index in [-0.39, 0.29) is 5.56 Å². The van der Waals surface area contributed by atoms with Crippen molar-refractivity contribution in [2.24, 2.45) is 7.05 Å². The first kappa shape index (κ1) is 13.0. The molecule has 0 bridgehead atoms. The molecule has 0 radical (unpaired) electrons. The zero-order valence-corrected chi connectivity index (χ0v) is 11.5. The molecule has 2 aromatic heterocycles. The van der Waals surface area contributed by atoms with Gasteiger partial charge >= 0.3 is 0 Å². The molecule has 5 heteroatoms. The lowest BCUT2D eigenvalue weighted by Gasteiger charge is -1.97. The van der Waals surface area contributed by atoms with Gasteiger partial charge in [0.15, 0.2) is 0 Å². The smallest absolute Gasteiger partial charge is 0.250 e. The molecule has 0 aliphatic carbocycles. The number of unbranched alkanes of at least 4 members (excludes halogenated alkanes) is 2. The maximum absolute atomic E-state index is 11.6. The van der Waals surface area contributed by atoms with Crippen LogP contribution in [-0.2, 0) is 13.5 Å². The number of hydrogen-bond donors (Lipinski definition) is 0. The Bertz CT molecular complexity index is 574. The molecule has 0 amide bonds. The lowest BCUT2D eigenvalue weighted by Crippen LogP contribution is -2.13. The standard InChI is InChI=1S/C13H17N3OS/c1-3-4-5-6-11-14-15-13(18-11)10-7-8-16(2)12(17)9-10/h7-9H,3-6H2,1-2H3. The summed E-state index contributed by atoms with van der Waals surface area (Å²) in [6.45, 7) is 2.19. The van der Waals surface area contributed by atoms with Crippen LogP contribution in [0.1, 0.15) is 31.2 Å². The molecule has 0 saturated heterocycles. The van der Waals surface area contributed by atoms with Crippen LogP contribution in [-0.4, -0.2) is 14.8 Å². The van der Waals surface area contributed by atoms with Gasteiger partial charge < -0.3 is 4.57 Å². The highest BCUT2D eigenvalue weighted by atomic mass is 32.1. The van der Waals surface area contributed by atoms with E-state index in [4.69, 9.17) is 0 Å². The van der Waals surface area contributed by atoms with Gasteiger partial charge in [-0.1, -0.05) is 31.1 Å². The summed E-state index contributed by atoms with van der Waals surface area (Å²) in [4.78, 5) is 11.6. The highest BCUT2D eigenvalue weighted by molar-refractivity contribution is 7.14. The lowest BCUT2D eigenvalue weighted by molar-refractivity contribution is 0.710. The van der Waals surface area contributed by atoms with E-state index in [0.29, 0.717) is 0 Å². The van der Waals surface area contributed by atoms with Gasteiger partial charge in [-0.15, -0.1) is 10.2 Å². The molecule has 4 nitrogen and oxygen atoms in total. The van der Waals surface area contributed by atoms with E-state index < -0.39 is 0 Å². The quantitative estimate of drug-likeness (QED) is 0.779. The van der Waals surface area contributed by atoms with Crippen LogP contribution >= 0.6 is 11.3 Å². The van der Waals surface area contributed by atoms with Crippen molar-refractivity contribution in [3.63, 3.8) is 0 Å². The summed E-state index contributed by atoms with van der Waals surface area (Å²) in [5, 5.41) is 10.2. The Morgan fingerprint density at radius 2 is 2.17 bits per heavy atom. The summed E-state index contributed by atoms with van der Waals surface area (Å²) < 4.78 is 1.55. The van der Waals surface area contributed by atoms with Gasteiger partial charge in [0.2, 0.25) is 0 Å². The average Bonchev–Trinajstić information content (AvgIpc) is 2.82. The van der Waals surface area contributed by atoms with E-state index in [0.717, 1.165) is 28.4 Å². The molecule has 0 spiro atoms. The largest absolute Gasteiger partial charge is 0.319 e. The van der Waals surface area contributed by atoms with Gasteiger partial charge in [-0.25, -0.2) is 0 Å². The lowest BCUT2D eigenvalue weighted by atomic mass is 10.2. The van der Waals surface area contributed by atoms with Gasteiger partial charge in [0.05, 0.1) is 0 Å². The van der Waals surface area contributed by atoms with Gasteiger partial charge in [-0.2, -0.15) is 0 Å². The van der Waals surface area contributed by atoms with Gasteiger partial charge in [-0.3, -0.25) is 4.79 Å². The number of nitrogens with zero attached hydrogens (tertiary/aromatic N) is 3. The topological polar surface area (TPSA) is 47.8 Å². The van der Waals surface area contributed by atoms with Crippen molar-refractivity contribution in [3.8, 4) is 10.6 Å². The summed E-state index contributed by atoms with van der Waals surface area (Å²) in [5.41, 5.74) is 0.840. The van der Waals surface area contributed by atoms with E-state index in [1.807, 2.05) is 6.07 Å². The highest BCUT2D eigenvalue weighted by Crippen LogP contribution is 2.23. The second kappa shape index (κ2) is 5.91. The predicted molar refractivity (Wildman–Crippen MR) is 73.8 cm³/mol. The van der Waals surface area contributed by atoms with Gasteiger partial charge in [-0.05, 0) is 12.5 Å². The Hall–Kier alpha value is -1.49. The molecule has 0 atom stereocenters. The van der Waals surface area contributed by atoms with Crippen LogP contribution in [0.4, 0.5) is 0 Å². The van der Waals surface area contributed by atoms with Crippen LogP contribution in [0.2, 0.25) is 0 Å². The maximum atomic E-state index is 11.6. The van der Waals surface area contributed by atoms with E-state index in [1.165, 1.54) is 12.8 Å².